The second kappa shape index (κ2) is 4.94. The van der Waals surface area contributed by atoms with Crippen molar-refractivity contribution in [3.63, 3.8) is 0 Å². The lowest BCUT2D eigenvalue weighted by Crippen LogP contribution is -2.13. The normalized spacial score (nSPS) is 28.1. The molecule has 4 nitrogen and oxygen atoms in total. The second-order valence-electron chi connectivity index (χ2n) is 4.13. The molecule has 2 atom stereocenters. The van der Waals surface area contributed by atoms with E-state index in [1.165, 1.54) is 0 Å². The molecule has 0 bridgehead atoms. The zero-order chi connectivity index (χ0) is 12.4. The van der Waals surface area contributed by atoms with Crippen LogP contribution in [-0.2, 0) is 9.47 Å². The highest BCUT2D eigenvalue weighted by atomic mass is 16.7. The zero-order valence-corrected chi connectivity index (χ0v) is 10.6. The summed E-state index contributed by atoms with van der Waals surface area (Å²) in [6.07, 6.45) is -0.110. The van der Waals surface area contributed by atoms with E-state index in [4.69, 9.17) is 18.9 Å². The summed E-state index contributed by atoms with van der Waals surface area (Å²) in [5, 5.41) is 0. The summed E-state index contributed by atoms with van der Waals surface area (Å²) in [5.74, 6) is 1.39. The van der Waals surface area contributed by atoms with Gasteiger partial charge in [-0.25, -0.2) is 0 Å². The summed E-state index contributed by atoms with van der Waals surface area (Å²) >= 11 is 0. The number of rotatable bonds is 3. The third-order valence-corrected chi connectivity index (χ3v) is 3.02. The number of hydrogen-bond acceptors (Lipinski definition) is 4. The van der Waals surface area contributed by atoms with Crippen LogP contribution in [0.1, 0.15) is 25.7 Å². The Hall–Kier alpha value is -1.26. The zero-order valence-electron chi connectivity index (χ0n) is 10.6. The van der Waals surface area contributed by atoms with Crippen LogP contribution in [-0.4, -0.2) is 26.4 Å². The van der Waals surface area contributed by atoms with E-state index in [1.807, 2.05) is 32.0 Å². The fourth-order valence-electron chi connectivity index (χ4n) is 1.80. The average Bonchev–Trinajstić information content (AvgIpc) is 2.68. The highest BCUT2D eigenvalue weighted by Gasteiger charge is 2.31. The Balaban J connectivity index is 2.22. The first kappa shape index (κ1) is 12.2. The fraction of sp³-hybridized carbons (Fsp3) is 0.538. The molecule has 1 aliphatic heterocycles. The Morgan fingerprint density at radius 1 is 0.941 bits per heavy atom. The SMILES string of the molecule is COc1ccc(C2OC(C)C(C)O2)cc1OC. The molecule has 2 rings (SSSR count). The van der Waals surface area contributed by atoms with Crippen LogP contribution in [0.15, 0.2) is 18.2 Å². The van der Waals surface area contributed by atoms with Crippen molar-refractivity contribution in [1.82, 2.24) is 0 Å². The lowest BCUT2D eigenvalue weighted by Gasteiger charge is -2.13. The van der Waals surface area contributed by atoms with Gasteiger partial charge in [-0.3, -0.25) is 0 Å². The Morgan fingerprint density at radius 2 is 1.53 bits per heavy atom. The minimum Gasteiger partial charge on any atom is -0.493 e. The summed E-state index contributed by atoms with van der Waals surface area (Å²) < 4.78 is 21.9. The van der Waals surface area contributed by atoms with Crippen molar-refractivity contribution in [3.05, 3.63) is 23.8 Å². The molecule has 94 valence electrons. The maximum Gasteiger partial charge on any atom is 0.184 e. The molecule has 1 saturated heterocycles. The first-order valence-corrected chi connectivity index (χ1v) is 5.68. The van der Waals surface area contributed by atoms with Crippen LogP contribution in [0, 0.1) is 0 Å². The molecular weight excluding hydrogens is 220 g/mol. The van der Waals surface area contributed by atoms with Crippen LogP contribution in [0.4, 0.5) is 0 Å². The summed E-state index contributed by atoms with van der Waals surface area (Å²) in [6, 6.07) is 5.67. The van der Waals surface area contributed by atoms with Gasteiger partial charge >= 0.3 is 0 Å². The van der Waals surface area contributed by atoms with E-state index in [1.54, 1.807) is 14.2 Å². The van der Waals surface area contributed by atoms with Gasteiger partial charge in [0.15, 0.2) is 17.8 Å². The van der Waals surface area contributed by atoms with Gasteiger partial charge in [0.2, 0.25) is 0 Å². The van der Waals surface area contributed by atoms with Gasteiger partial charge < -0.3 is 18.9 Å². The van der Waals surface area contributed by atoms with E-state index in [9.17, 15) is 0 Å². The molecule has 1 aliphatic rings. The molecule has 1 heterocycles. The number of hydrogen-bond donors (Lipinski definition) is 0. The largest absolute Gasteiger partial charge is 0.493 e. The first-order valence-electron chi connectivity index (χ1n) is 5.68. The van der Waals surface area contributed by atoms with Crippen molar-refractivity contribution in [1.29, 1.82) is 0 Å². The predicted octanol–water partition coefficient (Wildman–Crippen LogP) is 2.53. The van der Waals surface area contributed by atoms with Gasteiger partial charge in [-0.2, -0.15) is 0 Å². The van der Waals surface area contributed by atoms with Gasteiger partial charge in [0.05, 0.1) is 26.4 Å². The van der Waals surface area contributed by atoms with Gasteiger partial charge in [0.25, 0.3) is 0 Å². The average molecular weight is 238 g/mol. The molecule has 1 aromatic carbocycles. The molecule has 0 saturated carbocycles. The molecule has 0 spiro atoms. The number of ether oxygens (including phenoxy) is 4. The maximum atomic E-state index is 5.71. The highest BCUT2D eigenvalue weighted by molar-refractivity contribution is 5.43. The smallest absolute Gasteiger partial charge is 0.184 e. The predicted molar refractivity (Wildman–Crippen MR) is 63.4 cm³/mol. The van der Waals surface area contributed by atoms with Gasteiger partial charge in [-0.05, 0) is 26.0 Å². The van der Waals surface area contributed by atoms with Crippen molar-refractivity contribution >= 4 is 0 Å². The molecule has 0 amide bonds. The molecule has 4 heteroatoms. The van der Waals surface area contributed by atoms with E-state index >= 15 is 0 Å². The molecule has 17 heavy (non-hydrogen) atoms. The van der Waals surface area contributed by atoms with Gasteiger partial charge in [-0.15, -0.1) is 0 Å². The molecule has 0 radical (unpaired) electrons. The van der Waals surface area contributed by atoms with Gasteiger partial charge in [-0.1, -0.05) is 6.07 Å². The third-order valence-electron chi connectivity index (χ3n) is 3.02. The summed E-state index contributed by atoms with van der Waals surface area (Å²) in [7, 11) is 3.23. The van der Waals surface area contributed by atoms with E-state index in [0.29, 0.717) is 11.5 Å². The topological polar surface area (TPSA) is 36.9 Å². The quantitative estimate of drug-likeness (QED) is 0.810. The Labute approximate surface area is 101 Å². The molecule has 0 aliphatic carbocycles. The van der Waals surface area contributed by atoms with Gasteiger partial charge in [0.1, 0.15) is 0 Å². The van der Waals surface area contributed by atoms with E-state index < -0.39 is 0 Å². The highest BCUT2D eigenvalue weighted by Crippen LogP contribution is 2.35. The Bertz CT molecular complexity index is 381. The van der Waals surface area contributed by atoms with Crippen molar-refractivity contribution in [2.75, 3.05) is 14.2 Å². The molecule has 0 aromatic heterocycles. The van der Waals surface area contributed by atoms with Crippen LogP contribution in [0.2, 0.25) is 0 Å². The molecule has 0 N–H and O–H groups in total. The van der Waals surface area contributed by atoms with Crippen LogP contribution >= 0.6 is 0 Å². The number of methoxy groups -OCH3 is 2. The lowest BCUT2D eigenvalue weighted by molar-refractivity contribution is -0.0654. The van der Waals surface area contributed by atoms with Crippen LogP contribution < -0.4 is 9.47 Å². The molecular formula is C13H18O4. The van der Waals surface area contributed by atoms with Crippen molar-refractivity contribution in [2.45, 2.75) is 32.3 Å². The summed E-state index contributed by atoms with van der Waals surface area (Å²) in [5.41, 5.74) is 0.943. The van der Waals surface area contributed by atoms with E-state index in [0.717, 1.165) is 5.56 Å². The Morgan fingerprint density at radius 3 is 2.06 bits per heavy atom. The molecule has 1 fully saturated rings. The lowest BCUT2D eigenvalue weighted by atomic mass is 10.2. The van der Waals surface area contributed by atoms with Crippen molar-refractivity contribution < 1.29 is 18.9 Å². The van der Waals surface area contributed by atoms with Crippen molar-refractivity contribution in [2.24, 2.45) is 0 Å². The number of benzene rings is 1. The minimum absolute atomic E-state index is 0.105. The maximum absolute atomic E-state index is 5.71. The minimum atomic E-state index is -0.320. The first-order chi connectivity index (χ1) is 8.15. The Kier molecular flexibility index (Phi) is 3.54. The second-order valence-corrected chi connectivity index (χ2v) is 4.13. The fourth-order valence-corrected chi connectivity index (χ4v) is 1.80. The van der Waals surface area contributed by atoms with Gasteiger partial charge in [0, 0.05) is 5.56 Å². The van der Waals surface area contributed by atoms with Crippen molar-refractivity contribution in [3.8, 4) is 11.5 Å². The summed E-state index contributed by atoms with van der Waals surface area (Å²) in [6.45, 7) is 4.01. The molecule has 2 unspecified atom stereocenters. The monoisotopic (exact) mass is 238 g/mol. The van der Waals surface area contributed by atoms with E-state index in [-0.39, 0.29) is 18.5 Å². The van der Waals surface area contributed by atoms with Crippen LogP contribution in [0.25, 0.3) is 0 Å². The van der Waals surface area contributed by atoms with Crippen LogP contribution in [0.5, 0.6) is 11.5 Å². The summed E-state index contributed by atoms with van der Waals surface area (Å²) in [4.78, 5) is 0. The third kappa shape index (κ3) is 2.37. The van der Waals surface area contributed by atoms with E-state index in [2.05, 4.69) is 0 Å². The van der Waals surface area contributed by atoms with Crippen LogP contribution in [0.3, 0.4) is 0 Å². The molecule has 1 aromatic rings. The standard InChI is InChI=1S/C13H18O4/c1-8-9(2)17-13(16-8)10-5-6-11(14-3)12(7-10)15-4/h5-9,13H,1-4H3.